The molecule has 0 spiro atoms. The molecule has 0 fully saturated rings. The molecule has 12 heavy (non-hydrogen) atoms. The first-order valence-electron chi connectivity index (χ1n) is 4.02. The van der Waals surface area contributed by atoms with Crippen LogP contribution in [-0.2, 0) is 9.53 Å². The minimum atomic E-state index is -0.207. The number of ether oxygens (including phenoxy) is 1. The van der Waals surface area contributed by atoms with Crippen molar-refractivity contribution in [2.24, 2.45) is 0 Å². The Morgan fingerprint density at radius 1 is 1.50 bits per heavy atom. The molecule has 0 aliphatic rings. The van der Waals surface area contributed by atoms with Crippen LogP contribution in [0.25, 0.3) is 0 Å². The van der Waals surface area contributed by atoms with Gasteiger partial charge < -0.3 is 4.74 Å². The predicted molar refractivity (Wildman–Crippen MR) is 48.9 cm³/mol. The smallest absolute Gasteiger partial charge is 0.319 e. The van der Waals surface area contributed by atoms with Crippen molar-refractivity contribution in [2.75, 3.05) is 27.2 Å². The van der Waals surface area contributed by atoms with Crippen molar-refractivity contribution in [2.45, 2.75) is 13.3 Å². The Bertz CT molecular complexity index is 148. The van der Waals surface area contributed by atoms with Gasteiger partial charge in [0.15, 0.2) is 0 Å². The summed E-state index contributed by atoms with van der Waals surface area (Å²) in [5.74, 6) is -0.207. The van der Waals surface area contributed by atoms with E-state index in [-0.39, 0.29) is 5.97 Å². The molecular weight excluding hydrogens is 154 g/mol. The van der Waals surface area contributed by atoms with Gasteiger partial charge in [-0.1, -0.05) is 19.1 Å². The number of carbonyl (C=O) groups is 1. The van der Waals surface area contributed by atoms with Crippen molar-refractivity contribution in [3.63, 3.8) is 0 Å². The van der Waals surface area contributed by atoms with E-state index in [0.29, 0.717) is 6.54 Å². The number of rotatable bonds is 5. The summed E-state index contributed by atoms with van der Waals surface area (Å²) in [5, 5.41) is 0. The zero-order valence-electron chi connectivity index (χ0n) is 8.09. The molecule has 0 saturated carbocycles. The van der Waals surface area contributed by atoms with Crippen LogP contribution in [-0.4, -0.2) is 38.1 Å². The van der Waals surface area contributed by atoms with E-state index in [1.54, 1.807) is 0 Å². The highest BCUT2D eigenvalue weighted by atomic mass is 16.5. The van der Waals surface area contributed by atoms with Gasteiger partial charge in [0.25, 0.3) is 0 Å². The number of hydrogen-bond acceptors (Lipinski definition) is 3. The lowest BCUT2D eigenvalue weighted by Gasteiger charge is -2.15. The van der Waals surface area contributed by atoms with Gasteiger partial charge in [0.1, 0.15) is 0 Å². The molecule has 0 amide bonds. The van der Waals surface area contributed by atoms with Crippen LogP contribution in [0.3, 0.4) is 0 Å². The first kappa shape index (κ1) is 11.2. The number of likely N-dealkylation sites (N-methyl/N-ethyl adjacent to an activating group) is 1. The van der Waals surface area contributed by atoms with Crippen LogP contribution in [0.5, 0.6) is 0 Å². The molecule has 0 aromatic carbocycles. The Kier molecular flexibility index (Phi) is 5.37. The third-order valence-electron chi connectivity index (χ3n) is 1.62. The summed E-state index contributed by atoms with van der Waals surface area (Å²) in [6, 6.07) is 0. The van der Waals surface area contributed by atoms with Crippen LogP contribution in [0.4, 0.5) is 0 Å². The van der Waals surface area contributed by atoms with Crippen LogP contribution in [0.1, 0.15) is 13.3 Å². The molecule has 0 saturated heterocycles. The van der Waals surface area contributed by atoms with Gasteiger partial charge >= 0.3 is 5.97 Å². The second kappa shape index (κ2) is 5.77. The molecule has 0 atom stereocenters. The maximum Gasteiger partial charge on any atom is 0.319 e. The second-order valence-corrected chi connectivity index (χ2v) is 2.85. The Hall–Kier alpha value is -0.830. The fourth-order valence-corrected chi connectivity index (χ4v) is 0.834. The molecule has 3 nitrogen and oxygen atoms in total. The average Bonchev–Trinajstić information content (AvgIpc) is 2.03. The molecule has 0 N–H and O–H groups in total. The quantitative estimate of drug-likeness (QED) is 0.457. The van der Waals surface area contributed by atoms with E-state index < -0.39 is 0 Å². The largest absolute Gasteiger partial charge is 0.468 e. The first-order chi connectivity index (χ1) is 5.60. The van der Waals surface area contributed by atoms with Gasteiger partial charge in [-0.25, -0.2) is 0 Å². The first-order valence-corrected chi connectivity index (χ1v) is 4.02. The summed E-state index contributed by atoms with van der Waals surface area (Å²) in [4.78, 5) is 12.7. The maximum absolute atomic E-state index is 10.8. The highest BCUT2D eigenvalue weighted by Gasteiger charge is 2.05. The van der Waals surface area contributed by atoms with Gasteiger partial charge in [-0.05, 0) is 13.5 Å². The van der Waals surface area contributed by atoms with E-state index in [1.165, 1.54) is 7.11 Å². The van der Waals surface area contributed by atoms with Crippen LogP contribution in [0.15, 0.2) is 12.2 Å². The van der Waals surface area contributed by atoms with Gasteiger partial charge in [0, 0.05) is 6.54 Å². The molecule has 0 unspecified atom stereocenters. The lowest BCUT2D eigenvalue weighted by atomic mass is 10.2. The molecule has 70 valence electrons. The molecule has 0 rings (SSSR count). The molecule has 0 aromatic rings. The fraction of sp³-hybridized carbons (Fsp3) is 0.667. The van der Waals surface area contributed by atoms with Crippen LogP contribution >= 0.6 is 0 Å². The number of hydrogen-bond donors (Lipinski definition) is 0. The molecule has 0 aliphatic carbocycles. The number of carbonyl (C=O) groups excluding carboxylic acids is 1. The Morgan fingerprint density at radius 2 is 2.08 bits per heavy atom. The zero-order chi connectivity index (χ0) is 9.56. The van der Waals surface area contributed by atoms with Crippen molar-refractivity contribution in [1.29, 1.82) is 0 Å². The number of methoxy groups -OCH3 is 1. The Labute approximate surface area is 74.0 Å². The zero-order valence-corrected chi connectivity index (χ0v) is 8.09. The van der Waals surface area contributed by atoms with Crippen molar-refractivity contribution < 1.29 is 9.53 Å². The molecular formula is C9H17NO2. The van der Waals surface area contributed by atoms with Crippen molar-refractivity contribution in [3.8, 4) is 0 Å². The normalized spacial score (nSPS) is 10.0. The van der Waals surface area contributed by atoms with Gasteiger partial charge in [0.2, 0.25) is 0 Å². The third-order valence-corrected chi connectivity index (χ3v) is 1.62. The van der Waals surface area contributed by atoms with Gasteiger partial charge in [-0.15, -0.1) is 0 Å². The van der Waals surface area contributed by atoms with E-state index in [0.717, 1.165) is 18.5 Å². The summed E-state index contributed by atoms with van der Waals surface area (Å²) in [7, 11) is 3.27. The monoisotopic (exact) mass is 171 g/mol. The number of nitrogens with zero attached hydrogens (tertiary/aromatic N) is 1. The minimum Gasteiger partial charge on any atom is -0.468 e. The van der Waals surface area contributed by atoms with Gasteiger partial charge in [-0.3, -0.25) is 9.69 Å². The Morgan fingerprint density at radius 3 is 2.50 bits per heavy atom. The predicted octanol–water partition coefficient (Wildman–Crippen LogP) is 1.06. The molecule has 0 aliphatic heterocycles. The lowest BCUT2D eigenvalue weighted by molar-refractivity contribution is -0.141. The third kappa shape index (κ3) is 4.91. The lowest BCUT2D eigenvalue weighted by Crippen LogP contribution is -2.28. The van der Waals surface area contributed by atoms with Gasteiger partial charge in [0.05, 0.1) is 13.7 Å². The topological polar surface area (TPSA) is 29.5 Å². The summed E-state index contributed by atoms with van der Waals surface area (Å²) >= 11 is 0. The molecule has 0 aromatic heterocycles. The van der Waals surface area contributed by atoms with Crippen LogP contribution < -0.4 is 0 Å². The fourth-order valence-electron chi connectivity index (χ4n) is 0.834. The number of esters is 1. The summed E-state index contributed by atoms with van der Waals surface area (Å²) in [5.41, 5.74) is 1.13. The van der Waals surface area contributed by atoms with E-state index in [1.807, 2.05) is 18.9 Å². The standard InChI is InChI=1S/C9H17NO2/c1-5-8(2)6-10(3)7-9(11)12-4/h2,5-7H2,1,3-4H3. The van der Waals surface area contributed by atoms with Gasteiger partial charge in [-0.2, -0.15) is 0 Å². The molecule has 0 heterocycles. The summed E-state index contributed by atoms with van der Waals surface area (Å²) in [6.07, 6.45) is 0.950. The van der Waals surface area contributed by atoms with Crippen LogP contribution in [0.2, 0.25) is 0 Å². The molecule has 0 radical (unpaired) electrons. The SMILES string of the molecule is C=C(CC)CN(C)CC(=O)OC. The van der Waals surface area contributed by atoms with E-state index in [2.05, 4.69) is 11.3 Å². The minimum absolute atomic E-state index is 0.207. The van der Waals surface area contributed by atoms with Crippen molar-refractivity contribution in [3.05, 3.63) is 12.2 Å². The van der Waals surface area contributed by atoms with Crippen molar-refractivity contribution in [1.82, 2.24) is 4.90 Å². The second-order valence-electron chi connectivity index (χ2n) is 2.85. The molecule has 3 heteroatoms. The maximum atomic E-state index is 10.8. The Balaban J connectivity index is 3.66. The molecule has 0 bridgehead atoms. The highest BCUT2D eigenvalue weighted by Crippen LogP contribution is 1.98. The highest BCUT2D eigenvalue weighted by molar-refractivity contribution is 5.71. The van der Waals surface area contributed by atoms with E-state index in [9.17, 15) is 4.79 Å². The summed E-state index contributed by atoms with van der Waals surface area (Å²) < 4.78 is 4.53. The van der Waals surface area contributed by atoms with E-state index >= 15 is 0 Å². The van der Waals surface area contributed by atoms with Crippen LogP contribution in [0, 0.1) is 0 Å². The average molecular weight is 171 g/mol. The van der Waals surface area contributed by atoms with E-state index in [4.69, 9.17) is 0 Å². The van der Waals surface area contributed by atoms with Crippen molar-refractivity contribution >= 4 is 5.97 Å². The summed E-state index contributed by atoms with van der Waals surface area (Å²) in [6.45, 7) is 6.99.